The Hall–Kier alpha value is -10.3. The lowest BCUT2D eigenvalue weighted by molar-refractivity contribution is -0.200. The van der Waals surface area contributed by atoms with Gasteiger partial charge in [0.25, 0.3) is 0 Å². The highest BCUT2D eigenvalue weighted by Gasteiger charge is 2.58. The van der Waals surface area contributed by atoms with E-state index < -0.39 is 105 Å². The SMILES string of the molecule is Nc1ncnc2c1ncn2[C@@H]1O[C@H](CO)[C@@H](O)[C@H](O)[C@@H](O)[C@H]1O.Nc1ncnc2c1ncn2[C@@H]1O[C@H](COCc2ccccc2)[C@@H](OCc2ccccc2)[C@H](OCc2ccccc2)[C@@H](OCc2ccccc2)[C@H]1O.c1ccc(COC[C@H]2O[C@@H]3O[C@@H]3[C@H](OCc3ccccc3)[C@@H](OCc3ccccc3)[C@@H]2OCc2ccccc2)cc1. The first-order valence-corrected chi connectivity index (χ1v) is 38.1. The van der Waals surface area contributed by atoms with Crippen LogP contribution >= 0.6 is 0 Å². The summed E-state index contributed by atoms with van der Waals surface area (Å²) in [6.07, 6.45) is -11.6. The van der Waals surface area contributed by atoms with Gasteiger partial charge in [-0.1, -0.05) is 243 Å². The van der Waals surface area contributed by atoms with E-state index in [1.54, 1.807) is 10.9 Å². The monoisotopic (exact) mass is 1570 g/mol. The van der Waals surface area contributed by atoms with Gasteiger partial charge in [-0.2, -0.15) is 0 Å². The second-order valence-corrected chi connectivity index (χ2v) is 28.1. The fourth-order valence-corrected chi connectivity index (χ4v) is 14.0. The Balaban J connectivity index is 0.000000152. The number of imidazole rings is 2. The van der Waals surface area contributed by atoms with Crippen molar-refractivity contribution in [2.75, 3.05) is 31.3 Å². The summed E-state index contributed by atoms with van der Waals surface area (Å²) >= 11 is 0. The van der Waals surface area contributed by atoms with E-state index in [-0.39, 0.29) is 61.4 Å². The smallest absolute Gasteiger partial charge is 0.187 e. The van der Waals surface area contributed by atoms with Crippen LogP contribution in [0.2, 0.25) is 0 Å². The highest BCUT2D eigenvalue weighted by atomic mass is 16.8. The molecule has 4 aliphatic heterocycles. The summed E-state index contributed by atoms with van der Waals surface area (Å²) in [7, 11) is 0. The van der Waals surface area contributed by atoms with Crippen molar-refractivity contribution >= 4 is 34.0 Å². The van der Waals surface area contributed by atoms with Crippen LogP contribution < -0.4 is 11.5 Å². The van der Waals surface area contributed by atoms with Crippen LogP contribution in [0.4, 0.5) is 11.6 Å². The number of aliphatic hydroxyl groups excluding tert-OH is 6. The molecule has 4 fully saturated rings. The van der Waals surface area contributed by atoms with Crippen molar-refractivity contribution in [2.45, 2.75) is 163 Å². The molecule has 0 spiro atoms. The molecule has 4 aromatic heterocycles. The number of nitrogen functional groups attached to an aromatic ring is 2. The first-order valence-electron chi connectivity index (χ1n) is 38.1. The van der Waals surface area contributed by atoms with E-state index in [0.717, 1.165) is 44.5 Å². The normalized spacial score (nSPS) is 25.9. The molecular formula is C87H94N10O18. The lowest BCUT2D eigenvalue weighted by atomic mass is 9.99. The summed E-state index contributed by atoms with van der Waals surface area (Å²) in [6.45, 7) is 2.63. The first-order chi connectivity index (χ1) is 56.4. The minimum absolute atomic E-state index is 0.121. The lowest BCUT2D eigenvalue weighted by Crippen LogP contribution is -2.51. The quantitative estimate of drug-likeness (QED) is 0.0204. The molecule has 0 bridgehead atoms. The van der Waals surface area contributed by atoms with Crippen LogP contribution in [-0.4, -0.2) is 187 Å². The number of rotatable bonds is 29. The van der Waals surface area contributed by atoms with E-state index in [2.05, 4.69) is 78.4 Å². The predicted molar refractivity (Wildman–Crippen MR) is 420 cm³/mol. The van der Waals surface area contributed by atoms with Gasteiger partial charge < -0.3 is 98.9 Å². The van der Waals surface area contributed by atoms with Crippen molar-refractivity contribution in [3.63, 3.8) is 0 Å². The average molecular weight is 1570 g/mol. The largest absolute Gasteiger partial charge is 0.394 e. The molecule has 28 heteroatoms. The summed E-state index contributed by atoms with van der Waals surface area (Å²) in [6, 6.07) is 80.1. The molecule has 600 valence electrons. The minimum Gasteiger partial charge on any atom is -0.394 e. The van der Waals surface area contributed by atoms with Gasteiger partial charge in [0.05, 0.1) is 85.3 Å². The van der Waals surface area contributed by atoms with Crippen molar-refractivity contribution in [1.82, 2.24) is 39.0 Å². The van der Waals surface area contributed by atoms with Crippen LogP contribution in [-0.2, 0) is 110 Å². The second-order valence-electron chi connectivity index (χ2n) is 28.1. The maximum Gasteiger partial charge on any atom is 0.187 e. The zero-order chi connectivity index (χ0) is 79.2. The number of fused-ring (bicyclic) bond motifs is 3. The van der Waals surface area contributed by atoms with Gasteiger partial charge in [0.2, 0.25) is 0 Å². The highest BCUT2D eigenvalue weighted by molar-refractivity contribution is 5.82. The Kier molecular flexibility index (Phi) is 28.5. The van der Waals surface area contributed by atoms with E-state index in [1.807, 2.05) is 194 Å². The van der Waals surface area contributed by atoms with Gasteiger partial charge in [0.15, 0.2) is 41.7 Å². The topological polar surface area (TPSA) is 375 Å². The number of aliphatic hydroxyl groups is 6. The summed E-state index contributed by atoms with van der Waals surface area (Å²) in [5.41, 5.74) is 21.4. The molecule has 12 aromatic rings. The number of nitrogens with zero attached hydrogens (tertiary/aromatic N) is 8. The van der Waals surface area contributed by atoms with Crippen molar-refractivity contribution in [3.05, 3.63) is 312 Å². The first kappa shape index (κ1) is 81.3. The molecule has 0 aliphatic carbocycles. The van der Waals surface area contributed by atoms with Gasteiger partial charge >= 0.3 is 0 Å². The maximum absolute atomic E-state index is 12.4. The molecule has 115 heavy (non-hydrogen) atoms. The Morgan fingerprint density at radius 1 is 0.304 bits per heavy atom. The molecule has 0 amide bonds. The van der Waals surface area contributed by atoms with Gasteiger partial charge in [0.1, 0.15) is 115 Å². The van der Waals surface area contributed by atoms with Gasteiger partial charge in [-0.25, -0.2) is 29.9 Å². The molecule has 0 unspecified atom stereocenters. The second kappa shape index (κ2) is 40.3. The van der Waals surface area contributed by atoms with Crippen LogP contribution in [0.1, 0.15) is 57.0 Å². The third-order valence-corrected chi connectivity index (χ3v) is 20.1. The molecule has 0 radical (unpaired) electrons. The average Bonchev–Trinajstić information content (AvgIpc) is 1.65. The third-order valence-electron chi connectivity index (χ3n) is 20.1. The van der Waals surface area contributed by atoms with Crippen LogP contribution in [0.25, 0.3) is 22.3 Å². The number of benzene rings is 8. The van der Waals surface area contributed by atoms with E-state index >= 15 is 0 Å². The summed E-state index contributed by atoms with van der Waals surface area (Å²) in [5, 5.41) is 61.8. The minimum atomic E-state index is -1.71. The van der Waals surface area contributed by atoms with Gasteiger partial charge in [-0.3, -0.25) is 9.13 Å². The van der Waals surface area contributed by atoms with Gasteiger partial charge in [-0.15, -0.1) is 0 Å². The highest BCUT2D eigenvalue weighted by Crippen LogP contribution is 2.41. The zero-order valence-corrected chi connectivity index (χ0v) is 62.9. The number of hydrogen-bond donors (Lipinski definition) is 8. The maximum atomic E-state index is 12.4. The molecule has 8 aromatic carbocycles. The lowest BCUT2D eigenvalue weighted by Gasteiger charge is -2.35. The number of ether oxygens (including phenoxy) is 12. The van der Waals surface area contributed by atoms with Crippen molar-refractivity contribution in [1.29, 1.82) is 0 Å². The summed E-state index contributed by atoms with van der Waals surface area (Å²) in [4.78, 5) is 24.9. The van der Waals surface area contributed by atoms with Crippen molar-refractivity contribution in [2.24, 2.45) is 0 Å². The van der Waals surface area contributed by atoms with E-state index in [4.69, 9.17) is 68.3 Å². The van der Waals surface area contributed by atoms with Crippen LogP contribution in [0.3, 0.4) is 0 Å². The molecule has 10 N–H and O–H groups in total. The molecule has 4 aliphatic rings. The fraction of sp³-hybridized carbons (Fsp3) is 0.333. The van der Waals surface area contributed by atoms with Crippen molar-refractivity contribution < 1.29 is 87.5 Å². The number of aromatic nitrogens is 8. The molecule has 28 nitrogen and oxygen atoms in total. The number of hydrogen-bond acceptors (Lipinski definition) is 26. The number of epoxide rings is 1. The van der Waals surface area contributed by atoms with E-state index in [0.29, 0.717) is 50.8 Å². The third kappa shape index (κ3) is 21.1. The van der Waals surface area contributed by atoms with Gasteiger partial charge in [0, 0.05) is 0 Å². The predicted octanol–water partition coefficient (Wildman–Crippen LogP) is 8.46. The summed E-state index contributed by atoms with van der Waals surface area (Å²) < 4.78 is 80.4. The van der Waals surface area contributed by atoms with E-state index in [1.165, 1.54) is 23.5 Å². The standard InChI is InChI=1S/C40H41N5O6.C35H36O6.C12H17N5O6/c41-38-33-39(43-26-42-38)45(27-44-33)40-34(46)36(49-23-30-17-9-3-10-18-30)37(50-24-31-19-11-4-12-20-31)35(48-22-29-15-7-2-8-16-29)32(51-40)25-47-21-28-13-5-1-6-14-28;1-5-13-26(14-6-1)21-36-25-30-31(37-22-27-15-7-2-8-16-27)32(38-23-28-17-9-3-10-18-28)33(34-35(40-30)41-34)39-24-29-19-11-4-12-20-29;13-10-5-11(15-2-14-10)17(3-16-5)12-9(22)8(21)7(20)6(19)4(1-18)23-12/h1-20,26-27,32,34-37,40,46H,21-25H2,(H2,41,42,43);1-20,30-35H,21-25H2;2-4,6-9,12,18-22H,1H2,(H2,13,14,15)/t32-,34-,35-,36+,37+,40-;30-,31-,32+,33-,34-,35-;4-,6-,7+,8-,9-,12-/m111/s1. The van der Waals surface area contributed by atoms with Crippen LogP contribution in [0, 0.1) is 0 Å². The Morgan fingerprint density at radius 3 is 0.983 bits per heavy atom. The van der Waals surface area contributed by atoms with Gasteiger partial charge in [-0.05, 0) is 44.5 Å². The number of nitrogens with two attached hydrogens (primary N) is 2. The molecule has 8 heterocycles. The summed E-state index contributed by atoms with van der Waals surface area (Å²) in [5.74, 6) is 0.339. The molecule has 4 saturated heterocycles. The fourth-order valence-electron chi connectivity index (χ4n) is 14.0. The Labute approximate surface area is 664 Å². The zero-order valence-electron chi connectivity index (χ0n) is 62.9. The van der Waals surface area contributed by atoms with E-state index in [9.17, 15) is 30.6 Å². The molecule has 18 atom stereocenters. The Morgan fingerprint density at radius 2 is 0.609 bits per heavy atom. The van der Waals surface area contributed by atoms with Crippen LogP contribution in [0.5, 0.6) is 0 Å². The molecule has 0 saturated carbocycles. The number of anilines is 2. The van der Waals surface area contributed by atoms with Crippen molar-refractivity contribution in [3.8, 4) is 0 Å². The van der Waals surface area contributed by atoms with Crippen LogP contribution in [0.15, 0.2) is 268 Å². The Bertz CT molecular complexity index is 4860. The molecule has 16 rings (SSSR count). The molecular weight excluding hydrogens is 1470 g/mol.